The average Bonchev–Trinajstić information content (AvgIpc) is 2.53. The normalized spacial score (nSPS) is 21.8. The fraction of sp³-hybridized carbons (Fsp3) is 0.875. The van der Waals surface area contributed by atoms with E-state index in [9.17, 15) is 9.59 Å². The van der Waals surface area contributed by atoms with Gasteiger partial charge < -0.3 is 9.64 Å². The SMILES string of the molecule is CCCOC(=O)C1CCN(C(=O)C2CCCCC2)CC1. The van der Waals surface area contributed by atoms with Crippen LogP contribution in [0.5, 0.6) is 0 Å². The zero-order valence-electron chi connectivity index (χ0n) is 12.6. The van der Waals surface area contributed by atoms with E-state index in [4.69, 9.17) is 4.74 Å². The van der Waals surface area contributed by atoms with Crippen molar-refractivity contribution in [1.82, 2.24) is 4.90 Å². The maximum absolute atomic E-state index is 12.4. The largest absolute Gasteiger partial charge is 0.465 e. The van der Waals surface area contributed by atoms with Crippen LogP contribution in [0.4, 0.5) is 0 Å². The maximum atomic E-state index is 12.4. The Labute approximate surface area is 121 Å². The summed E-state index contributed by atoms with van der Waals surface area (Å²) in [6.07, 6.45) is 8.16. The molecule has 0 atom stereocenters. The molecule has 114 valence electrons. The van der Waals surface area contributed by atoms with E-state index >= 15 is 0 Å². The van der Waals surface area contributed by atoms with E-state index in [0.29, 0.717) is 12.5 Å². The molecule has 1 saturated carbocycles. The number of nitrogens with zero attached hydrogens (tertiary/aromatic N) is 1. The molecule has 4 heteroatoms. The van der Waals surface area contributed by atoms with Crippen LogP contribution >= 0.6 is 0 Å². The number of carbonyl (C=O) groups is 2. The number of amides is 1. The fourth-order valence-electron chi connectivity index (χ4n) is 3.26. The van der Waals surface area contributed by atoms with Gasteiger partial charge in [0.1, 0.15) is 0 Å². The number of likely N-dealkylation sites (tertiary alicyclic amines) is 1. The first kappa shape index (κ1) is 15.3. The number of rotatable bonds is 4. The second kappa shape index (κ2) is 7.65. The van der Waals surface area contributed by atoms with Crippen molar-refractivity contribution in [3.63, 3.8) is 0 Å². The Morgan fingerprint density at radius 2 is 1.65 bits per heavy atom. The Morgan fingerprint density at radius 3 is 2.25 bits per heavy atom. The molecule has 0 spiro atoms. The van der Waals surface area contributed by atoms with Crippen molar-refractivity contribution in [3.8, 4) is 0 Å². The first-order valence-electron chi connectivity index (χ1n) is 8.17. The highest BCUT2D eigenvalue weighted by molar-refractivity contribution is 5.79. The van der Waals surface area contributed by atoms with Crippen LogP contribution in [0.25, 0.3) is 0 Å². The van der Waals surface area contributed by atoms with E-state index in [0.717, 1.165) is 45.2 Å². The average molecular weight is 281 g/mol. The lowest BCUT2D eigenvalue weighted by Gasteiger charge is -2.34. The number of hydrogen-bond donors (Lipinski definition) is 0. The molecule has 4 nitrogen and oxygen atoms in total. The second-order valence-electron chi connectivity index (χ2n) is 6.10. The summed E-state index contributed by atoms with van der Waals surface area (Å²) in [6, 6.07) is 0. The lowest BCUT2D eigenvalue weighted by molar-refractivity contribution is -0.152. The van der Waals surface area contributed by atoms with Crippen LogP contribution in [0.1, 0.15) is 58.3 Å². The van der Waals surface area contributed by atoms with Crippen LogP contribution in [0, 0.1) is 11.8 Å². The molecule has 0 N–H and O–H groups in total. The summed E-state index contributed by atoms with van der Waals surface area (Å²) in [7, 11) is 0. The third-order valence-electron chi connectivity index (χ3n) is 4.54. The molecule has 0 aromatic carbocycles. The van der Waals surface area contributed by atoms with Crippen molar-refractivity contribution >= 4 is 11.9 Å². The molecule has 0 aromatic heterocycles. The van der Waals surface area contributed by atoms with Crippen LogP contribution in [0.2, 0.25) is 0 Å². The van der Waals surface area contributed by atoms with Gasteiger partial charge in [-0.15, -0.1) is 0 Å². The number of ether oxygens (including phenoxy) is 1. The summed E-state index contributed by atoms with van der Waals surface area (Å²) in [5.74, 6) is 0.492. The van der Waals surface area contributed by atoms with Gasteiger partial charge in [0.25, 0.3) is 0 Å². The number of piperidine rings is 1. The van der Waals surface area contributed by atoms with Gasteiger partial charge in [-0.2, -0.15) is 0 Å². The molecular weight excluding hydrogens is 254 g/mol. The van der Waals surface area contributed by atoms with Gasteiger partial charge in [-0.3, -0.25) is 9.59 Å². The Kier molecular flexibility index (Phi) is 5.86. The molecule has 0 radical (unpaired) electrons. The molecular formula is C16H27NO3. The zero-order valence-corrected chi connectivity index (χ0v) is 12.6. The van der Waals surface area contributed by atoms with E-state index in [1.54, 1.807) is 0 Å². The minimum absolute atomic E-state index is 0.00282. The lowest BCUT2D eigenvalue weighted by Crippen LogP contribution is -2.43. The minimum atomic E-state index is -0.0726. The summed E-state index contributed by atoms with van der Waals surface area (Å²) in [5, 5.41) is 0. The van der Waals surface area contributed by atoms with E-state index in [2.05, 4.69) is 0 Å². The molecule has 2 aliphatic rings. The monoisotopic (exact) mass is 281 g/mol. The van der Waals surface area contributed by atoms with Crippen LogP contribution in [-0.4, -0.2) is 36.5 Å². The summed E-state index contributed by atoms with van der Waals surface area (Å²) in [6.45, 7) is 3.96. The molecule has 20 heavy (non-hydrogen) atoms. The molecule has 0 unspecified atom stereocenters. The van der Waals surface area contributed by atoms with Crippen LogP contribution in [-0.2, 0) is 14.3 Å². The van der Waals surface area contributed by atoms with Gasteiger partial charge in [0, 0.05) is 19.0 Å². The first-order valence-corrected chi connectivity index (χ1v) is 8.17. The predicted molar refractivity (Wildman–Crippen MR) is 77.1 cm³/mol. The van der Waals surface area contributed by atoms with Gasteiger partial charge in [-0.05, 0) is 32.1 Å². The van der Waals surface area contributed by atoms with Crippen LogP contribution < -0.4 is 0 Å². The zero-order chi connectivity index (χ0) is 14.4. The van der Waals surface area contributed by atoms with Crippen LogP contribution in [0.3, 0.4) is 0 Å². The van der Waals surface area contributed by atoms with Crippen molar-refractivity contribution in [1.29, 1.82) is 0 Å². The molecule has 2 fully saturated rings. The second-order valence-corrected chi connectivity index (χ2v) is 6.10. The van der Waals surface area contributed by atoms with Crippen molar-refractivity contribution in [2.45, 2.75) is 58.3 Å². The van der Waals surface area contributed by atoms with Gasteiger partial charge in [0.15, 0.2) is 0 Å². The Hall–Kier alpha value is -1.06. The third-order valence-corrected chi connectivity index (χ3v) is 4.54. The minimum Gasteiger partial charge on any atom is -0.465 e. The topological polar surface area (TPSA) is 46.6 Å². The number of hydrogen-bond acceptors (Lipinski definition) is 3. The van der Waals surface area contributed by atoms with Crippen LogP contribution in [0.15, 0.2) is 0 Å². The summed E-state index contributed by atoms with van der Waals surface area (Å²) in [5.41, 5.74) is 0. The summed E-state index contributed by atoms with van der Waals surface area (Å²) >= 11 is 0. The fourth-order valence-corrected chi connectivity index (χ4v) is 3.26. The standard InChI is InChI=1S/C16H27NO3/c1-2-12-20-16(19)14-8-10-17(11-9-14)15(18)13-6-4-3-5-7-13/h13-14H,2-12H2,1H3. The Balaban J connectivity index is 1.75. The third kappa shape index (κ3) is 3.97. The number of carbonyl (C=O) groups excluding carboxylic acids is 2. The summed E-state index contributed by atoms with van der Waals surface area (Å²) in [4.78, 5) is 26.2. The van der Waals surface area contributed by atoms with E-state index < -0.39 is 0 Å². The van der Waals surface area contributed by atoms with Crippen molar-refractivity contribution in [3.05, 3.63) is 0 Å². The maximum Gasteiger partial charge on any atom is 0.309 e. The molecule has 0 bridgehead atoms. The van der Waals surface area contributed by atoms with Gasteiger partial charge in [0.05, 0.1) is 12.5 Å². The highest BCUT2D eigenvalue weighted by atomic mass is 16.5. The van der Waals surface area contributed by atoms with Gasteiger partial charge in [-0.25, -0.2) is 0 Å². The van der Waals surface area contributed by atoms with Crippen molar-refractivity contribution in [2.75, 3.05) is 19.7 Å². The van der Waals surface area contributed by atoms with E-state index in [1.807, 2.05) is 11.8 Å². The summed E-state index contributed by atoms with van der Waals surface area (Å²) < 4.78 is 5.20. The first-order chi connectivity index (χ1) is 9.72. The Bertz CT molecular complexity index is 329. The van der Waals surface area contributed by atoms with E-state index in [1.165, 1.54) is 19.3 Å². The van der Waals surface area contributed by atoms with Crippen molar-refractivity contribution < 1.29 is 14.3 Å². The number of esters is 1. The quantitative estimate of drug-likeness (QED) is 0.744. The van der Waals surface area contributed by atoms with Gasteiger partial charge in [-0.1, -0.05) is 26.2 Å². The highest BCUT2D eigenvalue weighted by Gasteiger charge is 2.31. The van der Waals surface area contributed by atoms with Gasteiger partial charge >= 0.3 is 5.97 Å². The Morgan fingerprint density at radius 1 is 1.00 bits per heavy atom. The molecule has 1 aliphatic heterocycles. The smallest absolute Gasteiger partial charge is 0.309 e. The molecule has 0 aromatic rings. The predicted octanol–water partition coefficient (Wildman–Crippen LogP) is 2.76. The van der Waals surface area contributed by atoms with Crippen molar-refractivity contribution in [2.24, 2.45) is 11.8 Å². The highest BCUT2D eigenvalue weighted by Crippen LogP contribution is 2.27. The van der Waals surface area contributed by atoms with E-state index in [-0.39, 0.29) is 17.8 Å². The molecule has 1 heterocycles. The lowest BCUT2D eigenvalue weighted by atomic mass is 9.87. The molecule has 1 saturated heterocycles. The molecule has 1 amide bonds. The molecule has 1 aliphatic carbocycles. The van der Waals surface area contributed by atoms with Gasteiger partial charge in [0.2, 0.25) is 5.91 Å². The molecule has 2 rings (SSSR count).